The van der Waals surface area contributed by atoms with Gasteiger partial charge >= 0.3 is 0 Å². The molecule has 150 valence electrons. The van der Waals surface area contributed by atoms with Crippen LogP contribution in [0.3, 0.4) is 0 Å². The van der Waals surface area contributed by atoms with Crippen LogP contribution in [0.1, 0.15) is 11.6 Å². The van der Waals surface area contributed by atoms with Gasteiger partial charge in [0.15, 0.2) is 0 Å². The molecule has 1 saturated heterocycles. The van der Waals surface area contributed by atoms with Crippen molar-refractivity contribution in [3.05, 3.63) is 66.0 Å². The minimum Gasteiger partial charge on any atom is -0.368 e. The molecule has 1 heterocycles. The molecule has 1 aliphatic rings. The summed E-state index contributed by atoms with van der Waals surface area (Å²) in [6, 6.07) is 14.3. The van der Waals surface area contributed by atoms with Gasteiger partial charge in [-0.15, -0.1) is 0 Å². The van der Waals surface area contributed by atoms with Crippen LogP contribution in [0.2, 0.25) is 0 Å². The van der Waals surface area contributed by atoms with E-state index in [9.17, 15) is 17.6 Å². The summed E-state index contributed by atoms with van der Waals surface area (Å²) >= 11 is 0. The van der Waals surface area contributed by atoms with E-state index in [4.69, 9.17) is 0 Å². The molecule has 3 rings (SSSR count). The smallest absolute Gasteiger partial charge is 0.245 e. The number of hydrogen-bond donors (Lipinski definition) is 0. The van der Waals surface area contributed by atoms with Gasteiger partial charge in [-0.25, -0.2) is 12.8 Å². The number of hydrogen-bond acceptors (Lipinski definition) is 4. The first-order valence-corrected chi connectivity index (χ1v) is 10.9. The summed E-state index contributed by atoms with van der Waals surface area (Å²) in [6.45, 7) is 2.14. The zero-order valence-corrected chi connectivity index (χ0v) is 16.8. The zero-order valence-electron chi connectivity index (χ0n) is 16.0. The van der Waals surface area contributed by atoms with Crippen molar-refractivity contribution in [2.24, 2.45) is 0 Å². The Morgan fingerprint density at radius 1 is 1.00 bits per heavy atom. The lowest BCUT2D eigenvalue weighted by Crippen LogP contribution is -2.52. The molecule has 0 radical (unpaired) electrons. The molecule has 6 nitrogen and oxygen atoms in total. The summed E-state index contributed by atoms with van der Waals surface area (Å²) in [5, 5.41) is 0. The molecule has 28 heavy (non-hydrogen) atoms. The number of halogens is 1. The second kappa shape index (κ2) is 8.28. The number of benzene rings is 2. The van der Waals surface area contributed by atoms with Crippen molar-refractivity contribution in [2.45, 2.75) is 6.04 Å². The average Bonchev–Trinajstić information content (AvgIpc) is 2.69. The molecule has 2 aromatic rings. The largest absolute Gasteiger partial charge is 0.368 e. The third kappa shape index (κ3) is 4.51. The van der Waals surface area contributed by atoms with Crippen LogP contribution >= 0.6 is 0 Å². The number of amides is 1. The first-order valence-electron chi connectivity index (χ1n) is 9.04. The minimum atomic E-state index is -3.55. The molecule has 2 aromatic carbocycles. The molecule has 0 aliphatic carbocycles. The van der Waals surface area contributed by atoms with E-state index in [1.54, 1.807) is 41.3 Å². The second-order valence-electron chi connectivity index (χ2n) is 6.88. The number of anilines is 1. The van der Waals surface area contributed by atoms with Crippen LogP contribution in [0.15, 0.2) is 54.6 Å². The number of piperazine rings is 1. The third-order valence-electron chi connectivity index (χ3n) is 5.02. The van der Waals surface area contributed by atoms with Crippen LogP contribution in [0.4, 0.5) is 10.1 Å². The summed E-state index contributed by atoms with van der Waals surface area (Å²) in [5.41, 5.74) is 1.54. The van der Waals surface area contributed by atoms with E-state index in [1.165, 1.54) is 19.2 Å². The van der Waals surface area contributed by atoms with Gasteiger partial charge in [0, 0.05) is 38.9 Å². The highest BCUT2D eigenvalue weighted by atomic mass is 32.2. The molecule has 1 atom stereocenters. The Morgan fingerprint density at radius 3 is 2.11 bits per heavy atom. The lowest BCUT2D eigenvalue weighted by molar-refractivity contribution is -0.135. The molecule has 1 aliphatic heterocycles. The van der Waals surface area contributed by atoms with Crippen molar-refractivity contribution in [1.29, 1.82) is 0 Å². The maximum Gasteiger partial charge on any atom is 0.245 e. The summed E-state index contributed by atoms with van der Waals surface area (Å²) in [6.07, 6.45) is 1.10. The fraction of sp³-hybridized carbons (Fsp3) is 0.350. The van der Waals surface area contributed by atoms with Gasteiger partial charge in [0.05, 0.1) is 6.26 Å². The van der Waals surface area contributed by atoms with E-state index in [0.717, 1.165) is 16.2 Å². The normalized spacial score (nSPS) is 16.3. The Bertz CT molecular complexity index is 911. The molecule has 0 saturated carbocycles. The zero-order chi connectivity index (χ0) is 20.3. The highest BCUT2D eigenvalue weighted by Crippen LogP contribution is 2.25. The van der Waals surface area contributed by atoms with Gasteiger partial charge in [-0.3, -0.25) is 4.79 Å². The number of likely N-dealkylation sites (N-methyl/N-ethyl adjacent to an activating group) is 1. The van der Waals surface area contributed by atoms with Gasteiger partial charge in [0.25, 0.3) is 0 Å². The Hall–Kier alpha value is -2.45. The monoisotopic (exact) mass is 405 g/mol. The second-order valence-corrected chi connectivity index (χ2v) is 8.92. The van der Waals surface area contributed by atoms with E-state index >= 15 is 0 Å². The van der Waals surface area contributed by atoms with E-state index in [0.29, 0.717) is 31.7 Å². The molecular formula is C20H24FN3O3S. The number of rotatable bonds is 5. The first-order chi connectivity index (χ1) is 13.3. The molecule has 0 unspecified atom stereocenters. The predicted molar refractivity (Wildman–Crippen MR) is 107 cm³/mol. The number of sulfonamides is 1. The third-order valence-corrected chi connectivity index (χ3v) is 6.28. The maximum atomic E-state index is 13.2. The van der Waals surface area contributed by atoms with Crippen LogP contribution in [0, 0.1) is 5.82 Å². The highest BCUT2D eigenvalue weighted by molar-refractivity contribution is 7.88. The lowest BCUT2D eigenvalue weighted by Gasteiger charge is -2.38. The lowest BCUT2D eigenvalue weighted by atomic mass is 10.1. The van der Waals surface area contributed by atoms with Gasteiger partial charge < -0.3 is 9.80 Å². The van der Waals surface area contributed by atoms with Crippen molar-refractivity contribution < 1.29 is 17.6 Å². The number of carbonyl (C=O) groups is 1. The van der Waals surface area contributed by atoms with Crippen molar-refractivity contribution in [3.63, 3.8) is 0 Å². The molecule has 0 aromatic heterocycles. The van der Waals surface area contributed by atoms with Crippen molar-refractivity contribution in [2.75, 3.05) is 44.4 Å². The average molecular weight is 405 g/mol. The fourth-order valence-corrected chi connectivity index (χ4v) is 3.94. The van der Waals surface area contributed by atoms with E-state index < -0.39 is 16.1 Å². The SMILES string of the molecule is CN([C@@H](C(=O)N1CCN(c2ccc(F)cc2)CC1)c1ccccc1)S(C)(=O)=O. The Kier molecular flexibility index (Phi) is 6.00. The van der Waals surface area contributed by atoms with Gasteiger partial charge in [-0.2, -0.15) is 4.31 Å². The Labute approximate surface area is 165 Å². The van der Waals surface area contributed by atoms with Crippen LogP contribution in [-0.4, -0.2) is 63.0 Å². The molecule has 0 spiro atoms. The molecule has 8 heteroatoms. The minimum absolute atomic E-state index is 0.238. The van der Waals surface area contributed by atoms with Gasteiger partial charge in [-0.05, 0) is 29.8 Å². The van der Waals surface area contributed by atoms with E-state index in [-0.39, 0.29) is 11.7 Å². The standard InChI is InChI=1S/C20H24FN3O3S/c1-22(28(2,26)27)19(16-6-4-3-5-7-16)20(25)24-14-12-23(13-15-24)18-10-8-17(21)9-11-18/h3-11,19H,12-15H2,1-2H3/t19-/m1/s1. The fourth-order valence-electron chi connectivity index (χ4n) is 3.34. The van der Waals surface area contributed by atoms with Gasteiger partial charge in [0.2, 0.25) is 15.9 Å². The number of nitrogens with zero attached hydrogens (tertiary/aromatic N) is 3. The Morgan fingerprint density at radius 2 is 1.57 bits per heavy atom. The van der Waals surface area contributed by atoms with Gasteiger partial charge in [-0.1, -0.05) is 30.3 Å². The van der Waals surface area contributed by atoms with Crippen LogP contribution < -0.4 is 4.90 Å². The summed E-state index contributed by atoms with van der Waals surface area (Å²) < 4.78 is 38.5. The quantitative estimate of drug-likeness (QED) is 0.765. The maximum absolute atomic E-state index is 13.2. The predicted octanol–water partition coefficient (Wildman–Crippen LogP) is 2.11. The van der Waals surface area contributed by atoms with Crippen LogP contribution in [0.25, 0.3) is 0 Å². The van der Waals surface area contributed by atoms with Crippen LogP contribution in [-0.2, 0) is 14.8 Å². The summed E-state index contributed by atoms with van der Waals surface area (Å²) in [5.74, 6) is -0.523. The highest BCUT2D eigenvalue weighted by Gasteiger charge is 2.35. The summed E-state index contributed by atoms with van der Waals surface area (Å²) in [7, 11) is -2.12. The van der Waals surface area contributed by atoms with Crippen molar-refractivity contribution >= 4 is 21.6 Å². The van der Waals surface area contributed by atoms with Crippen molar-refractivity contribution in [3.8, 4) is 0 Å². The topological polar surface area (TPSA) is 60.9 Å². The Balaban J connectivity index is 1.76. The van der Waals surface area contributed by atoms with Crippen molar-refractivity contribution in [1.82, 2.24) is 9.21 Å². The van der Waals surface area contributed by atoms with Crippen LogP contribution in [0.5, 0.6) is 0 Å². The first kappa shape index (κ1) is 20.3. The molecular weight excluding hydrogens is 381 g/mol. The van der Waals surface area contributed by atoms with E-state index in [1.807, 2.05) is 6.07 Å². The van der Waals surface area contributed by atoms with Gasteiger partial charge in [0.1, 0.15) is 11.9 Å². The molecule has 0 N–H and O–H groups in total. The summed E-state index contributed by atoms with van der Waals surface area (Å²) in [4.78, 5) is 17.0. The number of carbonyl (C=O) groups excluding carboxylic acids is 1. The van der Waals surface area contributed by atoms with E-state index in [2.05, 4.69) is 4.90 Å². The molecule has 0 bridgehead atoms. The molecule has 1 amide bonds. The molecule has 1 fully saturated rings.